The first-order valence-corrected chi connectivity index (χ1v) is 10.4. The van der Waals surface area contributed by atoms with E-state index in [4.69, 9.17) is 18.9 Å². The van der Waals surface area contributed by atoms with Crippen molar-refractivity contribution < 1.29 is 54.4 Å². The van der Waals surface area contributed by atoms with Gasteiger partial charge in [0.15, 0.2) is 6.29 Å². The lowest BCUT2D eigenvalue weighted by Crippen LogP contribution is -2.60. The number of phenols is 1. The first-order chi connectivity index (χ1) is 15.8. The average molecular weight is 466 g/mol. The lowest BCUT2D eigenvalue weighted by molar-refractivity contribution is -0.339. The number of phenolic OH excluding ortho intramolecular Hbond substituents is 1. The molecule has 3 aliphatic rings. The van der Waals surface area contributed by atoms with Crippen molar-refractivity contribution in [2.45, 2.75) is 43.1 Å². The van der Waals surface area contributed by atoms with Crippen LogP contribution >= 0.6 is 0 Å². The Morgan fingerprint density at radius 3 is 2.42 bits per heavy atom. The van der Waals surface area contributed by atoms with E-state index in [1.165, 1.54) is 36.6 Å². The lowest BCUT2D eigenvalue weighted by atomic mass is 9.88. The van der Waals surface area contributed by atoms with Gasteiger partial charge in [0, 0.05) is 5.92 Å². The van der Waals surface area contributed by atoms with E-state index in [1.54, 1.807) is 6.08 Å². The smallest absolute Gasteiger partial charge is 0.338 e. The molecule has 0 bridgehead atoms. The summed E-state index contributed by atoms with van der Waals surface area (Å²) in [5.74, 6) is -1.69. The fourth-order valence-electron chi connectivity index (χ4n) is 4.19. The molecule has 1 aliphatic carbocycles. The second-order valence-electron chi connectivity index (χ2n) is 8.12. The van der Waals surface area contributed by atoms with Crippen LogP contribution in [-0.4, -0.2) is 92.9 Å². The average Bonchev–Trinajstić information content (AvgIpc) is 3.14. The normalized spacial score (nSPS) is 37.7. The zero-order chi connectivity index (χ0) is 23.7. The summed E-state index contributed by atoms with van der Waals surface area (Å²) in [7, 11) is 0. The minimum absolute atomic E-state index is 0.00957. The second kappa shape index (κ2) is 9.77. The molecule has 2 heterocycles. The molecule has 4 rings (SSSR count). The molecule has 33 heavy (non-hydrogen) atoms. The Hall–Kier alpha value is -2.51. The molecule has 11 nitrogen and oxygen atoms in total. The van der Waals surface area contributed by atoms with Gasteiger partial charge in [-0.15, -0.1) is 0 Å². The summed E-state index contributed by atoms with van der Waals surface area (Å²) in [4.78, 5) is 12.3. The van der Waals surface area contributed by atoms with Gasteiger partial charge in [0.05, 0.1) is 30.5 Å². The maximum Gasteiger partial charge on any atom is 0.338 e. The third kappa shape index (κ3) is 4.75. The molecular formula is C22H26O11. The standard InChI is InChI=1S/C22H26O11/c23-8-15-17(26)18(27)19(28)22(32-15)33-21-16-11(7-14(25)13(16)5-6-30-21)9-31-20(29)10-1-3-12(24)4-2-10/h1-7,13-19,21-28H,8-9H2/t13?,14-,15+,16?,17+,18-,19+,21+,22-/m1/s1. The van der Waals surface area contributed by atoms with Gasteiger partial charge in [-0.1, -0.05) is 6.08 Å². The number of fused-ring (bicyclic) bond motifs is 1. The van der Waals surface area contributed by atoms with E-state index in [0.717, 1.165) is 0 Å². The monoisotopic (exact) mass is 466 g/mol. The van der Waals surface area contributed by atoms with Gasteiger partial charge in [-0.25, -0.2) is 4.79 Å². The minimum Gasteiger partial charge on any atom is -0.508 e. The van der Waals surface area contributed by atoms with Crippen LogP contribution < -0.4 is 0 Å². The van der Waals surface area contributed by atoms with Gasteiger partial charge in [0.25, 0.3) is 0 Å². The highest BCUT2D eigenvalue weighted by Crippen LogP contribution is 2.41. The Morgan fingerprint density at radius 1 is 1.00 bits per heavy atom. The van der Waals surface area contributed by atoms with Gasteiger partial charge in [-0.05, 0) is 35.9 Å². The highest BCUT2D eigenvalue weighted by atomic mass is 16.8. The van der Waals surface area contributed by atoms with Crippen LogP contribution in [0.15, 0.2) is 48.3 Å². The van der Waals surface area contributed by atoms with Crippen LogP contribution in [0.4, 0.5) is 0 Å². The van der Waals surface area contributed by atoms with Crippen molar-refractivity contribution >= 4 is 5.97 Å². The number of rotatable bonds is 6. The highest BCUT2D eigenvalue weighted by molar-refractivity contribution is 5.89. The molecule has 0 amide bonds. The molecule has 0 spiro atoms. The Bertz CT molecular complexity index is 896. The Kier molecular flexibility index (Phi) is 7.00. The summed E-state index contributed by atoms with van der Waals surface area (Å²) in [6.07, 6.45) is -4.86. The van der Waals surface area contributed by atoms with Crippen molar-refractivity contribution in [1.82, 2.24) is 0 Å². The summed E-state index contributed by atoms with van der Waals surface area (Å²) in [5, 5.41) is 59.4. The molecule has 1 aromatic rings. The summed E-state index contributed by atoms with van der Waals surface area (Å²) >= 11 is 0. The third-order valence-corrected chi connectivity index (χ3v) is 6.02. The number of hydrogen-bond donors (Lipinski definition) is 6. The number of aliphatic hydroxyl groups is 5. The van der Waals surface area contributed by atoms with E-state index in [2.05, 4.69) is 0 Å². The molecule has 6 N–H and O–H groups in total. The number of carbonyl (C=O) groups is 1. The van der Waals surface area contributed by atoms with Crippen molar-refractivity contribution in [3.8, 4) is 5.75 Å². The molecule has 1 aromatic carbocycles. The summed E-state index contributed by atoms with van der Waals surface area (Å²) in [6, 6.07) is 5.54. The van der Waals surface area contributed by atoms with Gasteiger partial charge in [0.1, 0.15) is 36.8 Å². The van der Waals surface area contributed by atoms with Crippen LogP contribution in [0.3, 0.4) is 0 Å². The molecule has 11 heteroatoms. The molecule has 0 saturated carbocycles. The molecule has 1 fully saturated rings. The summed E-state index contributed by atoms with van der Waals surface area (Å²) < 4.78 is 22.0. The Balaban J connectivity index is 1.45. The van der Waals surface area contributed by atoms with E-state index < -0.39 is 67.5 Å². The molecular weight excluding hydrogens is 440 g/mol. The maximum absolute atomic E-state index is 12.3. The van der Waals surface area contributed by atoms with Crippen LogP contribution in [0, 0.1) is 11.8 Å². The fraction of sp³-hybridized carbons (Fsp3) is 0.500. The van der Waals surface area contributed by atoms with Gasteiger partial charge >= 0.3 is 5.97 Å². The highest BCUT2D eigenvalue weighted by Gasteiger charge is 2.49. The number of aromatic hydroxyl groups is 1. The molecule has 2 aliphatic heterocycles. The van der Waals surface area contributed by atoms with Gasteiger partial charge in [0.2, 0.25) is 6.29 Å². The van der Waals surface area contributed by atoms with Gasteiger partial charge < -0.3 is 49.6 Å². The van der Waals surface area contributed by atoms with E-state index >= 15 is 0 Å². The van der Waals surface area contributed by atoms with Crippen molar-refractivity contribution in [1.29, 1.82) is 0 Å². The number of ether oxygens (including phenoxy) is 4. The molecule has 0 aromatic heterocycles. The van der Waals surface area contributed by atoms with Crippen molar-refractivity contribution in [3.05, 3.63) is 53.8 Å². The van der Waals surface area contributed by atoms with Crippen LogP contribution in [0.1, 0.15) is 10.4 Å². The largest absolute Gasteiger partial charge is 0.508 e. The molecule has 2 unspecified atom stereocenters. The van der Waals surface area contributed by atoms with Gasteiger partial charge in [-0.3, -0.25) is 0 Å². The molecule has 180 valence electrons. The van der Waals surface area contributed by atoms with Crippen LogP contribution in [0.5, 0.6) is 5.75 Å². The second-order valence-corrected chi connectivity index (χ2v) is 8.12. The maximum atomic E-state index is 12.3. The lowest BCUT2D eigenvalue weighted by Gasteiger charge is -2.42. The fourth-order valence-corrected chi connectivity index (χ4v) is 4.19. The number of hydrogen-bond acceptors (Lipinski definition) is 11. The SMILES string of the molecule is O=C(OCC1=C[C@@H](O)C2C=CO[C@@H](O[C@H]3O[C@@H](CO)[C@H](O)[C@@H](O)[C@@H]3O)C12)c1ccc(O)cc1. The predicted octanol–water partition coefficient (Wildman–Crippen LogP) is -1.23. The topological polar surface area (TPSA) is 175 Å². The van der Waals surface area contributed by atoms with Crippen LogP contribution in [-0.2, 0) is 18.9 Å². The van der Waals surface area contributed by atoms with E-state index in [-0.39, 0.29) is 17.9 Å². The van der Waals surface area contributed by atoms with Crippen LogP contribution in [0.2, 0.25) is 0 Å². The Morgan fingerprint density at radius 2 is 1.73 bits per heavy atom. The third-order valence-electron chi connectivity index (χ3n) is 6.02. The summed E-state index contributed by atoms with van der Waals surface area (Å²) in [6.45, 7) is -0.789. The zero-order valence-electron chi connectivity index (χ0n) is 17.4. The van der Waals surface area contributed by atoms with Crippen molar-refractivity contribution in [2.24, 2.45) is 11.8 Å². The van der Waals surface area contributed by atoms with E-state index in [9.17, 15) is 35.4 Å². The van der Waals surface area contributed by atoms with Gasteiger partial charge in [-0.2, -0.15) is 0 Å². The summed E-state index contributed by atoms with van der Waals surface area (Å²) in [5.41, 5.74) is 0.746. The first kappa shape index (κ1) is 23.6. The van der Waals surface area contributed by atoms with E-state index in [1.807, 2.05) is 0 Å². The molecule has 0 radical (unpaired) electrons. The van der Waals surface area contributed by atoms with Crippen LogP contribution in [0.25, 0.3) is 0 Å². The number of esters is 1. The molecule has 1 saturated heterocycles. The van der Waals surface area contributed by atoms with Crippen molar-refractivity contribution in [2.75, 3.05) is 13.2 Å². The predicted molar refractivity (Wildman–Crippen MR) is 108 cm³/mol. The van der Waals surface area contributed by atoms with Crippen molar-refractivity contribution in [3.63, 3.8) is 0 Å². The first-order valence-electron chi connectivity index (χ1n) is 10.4. The number of benzene rings is 1. The van der Waals surface area contributed by atoms with E-state index in [0.29, 0.717) is 5.57 Å². The Labute approximate surface area is 188 Å². The number of carbonyl (C=O) groups excluding carboxylic acids is 1. The zero-order valence-corrected chi connectivity index (χ0v) is 17.4. The number of aliphatic hydroxyl groups excluding tert-OH is 5. The molecule has 9 atom stereocenters. The quantitative estimate of drug-likeness (QED) is 0.219. The minimum atomic E-state index is -1.62.